The van der Waals surface area contributed by atoms with E-state index in [1.165, 1.54) is 5.56 Å². The molecular weight excluding hydrogens is 347 g/mol. The van der Waals surface area contributed by atoms with Gasteiger partial charge in [0.1, 0.15) is 0 Å². The summed E-state index contributed by atoms with van der Waals surface area (Å²) in [7, 11) is 0. The number of rotatable bonds is 4. The summed E-state index contributed by atoms with van der Waals surface area (Å²) in [4.78, 5) is 15.7. The van der Waals surface area contributed by atoms with Gasteiger partial charge in [0.05, 0.1) is 8.45 Å². The van der Waals surface area contributed by atoms with Gasteiger partial charge in [0.25, 0.3) is 5.91 Å². The van der Waals surface area contributed by atoms with Gasteiger partial charge in [-0.3, -0.25) is 9.78 Å². The second-order valence-electron chi connectivity index (χ2n) is 3.50. The van der Waals surface area contributed by atoms with Gasteiger partial charge in [-0.2, -0.15) is 0 Å². The predicted molar refractivity (Wildman–Crippen MR) is 77.3 cm³/mol. The van der Waals surface area contributed by atoms with Crippen molar-refractivity contribution in [2.24, 2.45) is 0 Å². The third kappa shape index (κ3) is 3.78. The number of hydrogen-bond acceptors (Lipinski definition) is 3. The topological polar surface area (TPSA) is 42.0 Å². The quantitative estimate of drug-likeness (QED) is 0.854. The Morgan fingerprint density at radius 3 is 2.82 bits per heavy atom. The zero-order valence-electron chi connectivity index (χ0n) is 9.02. The Morgan fingerprint density at radius 2 is 2.18 bits per heavy atom. The van der Waals surface area contributed by atoms with Crippen molar-refractivity contribution in [3.8, 4) is 0 Å². The van der Waals surface area contributed by atoms with Gasteiger partial charge in [-0.05, 0) is 52.8 Å². The van der Waals surface area contributed by atoms with Gasteiger partial charge >= 0.3 is 0 Å². The first kappa shape index (κ1) is 12.5. The standard InChI is InChI=1S/C12H11IN2OS/c13-11-7-10(8-17-11)12(16)15-6-3-9-1-4-14-5-2-9/h1-2,4-5,7-8H,3,6H2,(H,15,16). The first-order chi connectivity index (χ1) is 8.25. The Bertz CT molecular complexity index is 498. The largest absolute Gasteiger partial charge is 0.352 e. The van der Waals surface area contributed by atoms with E-state index in [9.17, 15) is 4.79 Å². The van der Waals surface area contributed by atoms with Gasteiger partial charge in [-0.1, -0.05) is 0 Å². The van der Waals surface area contributed by atoms with Crippen molar-refractivity contribution in [1.82, 2.24) is 10.3 Å². The van der Waals surface area contributed by atoms with Crippen LogP contribution in [0.15, 0.2) is 36.0 Å². The summed E-state index contributed by atoms with van der Waals surface area (Å²) in [6.45, 7) is 0.648. The zero-order chi connectivity index (χ0) is 12.1. The van der Waals surface area contributed by atoms with Crippen LogP contribution < -0.4 is 5.32 Å². The molecule has 0 radical (unpaired) electrons. The maximum Gasteiger partial charge on any atom is 0.252 e. The number of amides is 1. The number of thiophene rings is 1. The maximum atomic E-state index is 11.7. The molecule has 0 fully saturated rings. The summed E-state index contributed by atoms with van der Waals surface area (Å²) >= 11 is 3.79. The minimum Gasteiger partial charge on any atom is -0.352 e. The van der Waals surface area contributed by atoms with Crippen LogP contribution in [0.1, 0.15) is 15.9 Å². The van der Waals surface area contributed by atoms with E-state index in [4.69, 9.17) is 0 Å². The first-order valence-corrected chi connectivity index (χ1v) is 7.12. The van der Waals surface area contributed by atoms with Crippen LogP contribution in [0.3, 0.4) is 0 Å². The van der Waals surface area contributed by atoms with Gasteiger partial charge in [0, 0.05) is 24.3 Å². The normalized spacial score (nSPS) is 10.2. The highest BCUT2D eigenvalue weighted by atomic mass is 127. The van der Waals surface area contributed by atoms with Gasteiger partial charge in [0.15, 0.2) is 0 Å². The third-order valence-corrected chi connectivity index (χ3v) is 4.07. The molecule has 0 atom stereocenters. The molecule has 3 nitrogen and oxygen atoms in total. The highest BCUT2D eigenvalue weighted by molar-refractivity contribution is 14.1. The molecule has 0 saturated heterocycles. The molecule has 0 unspecified atom stereocenters. The van der Waals surface area contributed by atoms with Crippen molar-refractivity contribution in [2.75, 3.05) is 6.54 Å². The number of hydrogen-bond donors (Lipinski definition) is 1. The summed E-state index contributed by atoms with van der Waals surface area (Å²) in [5.41, 5.74) is 1.93. The van der Waals surface area contributed by atoms with Crippen LogP contribution in [0.5, 0.6) is 0 Å². The molecular formula is C12H11IN2OS. The number of pyridine rings is 1. The lowest BCUT2D eigenvalue weighted by molar-refractivity contribution is 0.0954. The third-order valence-electron chi connectivity index (χ3n) is 2.28. The molecule has 0 aliphatic carbocycles. The molecule has 2 rings (SSSR count). The van der Waals surface area contributed by atoms with Crippen LogP contribution >= 0.6 is 33.9 Å². The van der Waals surface area contributed by atoms with E-state index in [0.29, 0.717) is 6.54 Å². The van der Waals surface area contributed by atoms with Crippen molar-refractivity contribution >= 4 is 39.8 Å². The van der Waals surface area contributed by atoms with Crippen molar-refractivity contribution in [3.63, 3.8) is 0 Å². The molecule has 17 heavy (non-hydrogen) atoms. The van der Waals surface area contributed by atoms with Crippen LogP contribution in [-0.4, -0.2) is 17.4 Å². The van der Waals surface area contributed by atoms with Crippen molar-refractivity contribution in [2.45, 2.75) is 6.42 Å². The van der Waals surface area contributed by atoms with Gasteiger partial charge in [-0.15, -0.1) is 11.3 Å². The molecule has 1 amide bonds. The van der Waals surface area contributed by atoms with Gasteiger partial charge in [-0.25, -0.2) is 0 Å². The fraction of sp³-hybridized carbons (Fsp3) is 0.167. The Hall–Kier alpha value is -0.950. The van der Waals surface area contributed by atoms with Gasteiger partial charge < -0.3 is 5.32 Å². The Balaban J connectivity index is 1.81. The molecule has 0 bridgehead atoms. The fourth-order valence-corrected chi connectivity index (χ4v) is 2.73. The van der Waals surface area contributed by atoms with Crippen LogP contribution in [0.4, 0.5) is 0 Å². The van der Waals surface area contributed by atoms with Crippen molar-refractivity contribution < 1.29 is 4.79 Å². The molecule has 2 aromatic rings. The summed E-state index contributed by atoms with van der Waals surface area (Å²) in [6, 6.07) is 5.81. The lowest BCUT2D eigenvalue weighted by Gasteiger charge is -2.03. The molecule has 0 aliphatic rings. The minimum atomic E-state index is -0.00165. The average Bonchev–Trinajstić information content (AvgIpc) is 2.77. The van der Waals surface area contributed by atoms with Crippen molar-refractivity contribution in [1.29, 1.82) is 0 Å². The maximum absolute atomic E-state index is 11.7. The summed E-state index contributed by atoms with van der Waals surface area (Å²) in [5, 5.41) is 4.78. The Labute approximate surface area is 117 Å². The van der Waals surface area contributed by atoms with Crippen LogP contribution in [0.2, 0.25) is 0 Å². The smallest absolute Gasteiger partial charge is 0.252 e. The van der Waals surface area contributed by atoms with E-state index in [1.807, 2.05) is 23.6 Å². The number of aromatic nitrogens is 1. The second-order valence-corrected chi connectivity index (χ2v) is 6.31. The lowest BCUT2D eigenvalue weighted by Crippen LogP contribution is -2.25. The second kappa shape index (κ2) is 6.11. The SMILES string of the molecule is O=C(NCCc1ccncc1)c1csc(I)c1. The predicted octanol–water partition coefficient (Wildman–Crippen LogP) is 2.72. The molecule has 0 aliphatic heterocycles. The number of halogens is 1. The van der Waals surface area contributed by atoms with E-state index in [-0.39, 0.29) is 5.91 Å². The summed E-state index contributed by atoms with van der Waals surface area (Å²) in [5.74, 6) is -0.00165. The van der Waals surface area contributed by atoms with Crippen LogP contribution in [0, 0.1) is 2.88 Å². The number of nitrogens with zero attached hydrogens (tertiary/aromatic N) is 1. The number of carbonyl (C=O) groups excluding carboxylic acids is 1. The van der Waals surface area contributed by atoms with Crippen LogP contribution in [0.25, 0.3) is 0 Å². The zero-order valence-corrected chi connectivity index (χ0v) is 12.0. The summed E-state index contributed by atoms with van der Waals surface area (Å²) < 4.78 is 1.13. The molecule has 88 valence electrons. The molecule has 0 saturated carbocycles. The monoisotopic (exact) mass is 358 g/mol. The molecule has 2 heterocycles. The lowest BCUT2D eigenvalue weighted by atomic mass is 10.2. The number of nitrogens with one attached hydrogen (secondary N) is 1. The van der Waals surface area contributed by atoms with E-state index in [2.05, 4.69) is 32.9 Å². The number of carbonyl (C=O) groups is 1. The van der Waals surface area contributed by atoms with E-state index < -0.39 is 0 Å². The minimum absolute atomic E-state index is 0.00165. The Morgan fingerprint density at radius 1 is 1.41 bits per heavy atom. The molecule has 2 aromatic heterocycles. The van der Waals surface area contributed by atoms with Crippen molar-refractivity contribution in [3.05, 3.63) is 50.0 Å². The van der Waals surface area contributed by atoms with Crippen LogP contribution in [-0.2, 0) is 6.42 Å². The van der Waals surface area contributed by atoms with E-state index in [0.717, 1.165) is 14.9 Å². The molecule has 5 heteroatoms. The first-order valence-electron chi connectivity index (χ1n) is 5.17. The highest BCUT2D eigenvalue weighted by Crippen LogP contribution is 2.16. The van der Waals surface area contributed by atoms with Gasteiger partial charge in [0.2, 0.25) is 0 Å². The fourth-order valence-electron chi connectivity index (χ4n) is 1.40. The average molecular weight is 358 g/mol. The highest BCUT2D eigenvalue weighted by Gasteiger charge is 2.06. The van der Waals surface area contributed by atoms with E-state index in [1.54, 1.807) is 23.7 Å². The molecule has 1 N–H and O–H groups in total. The molecule has 0 spiro atoms. The Kier molecular flexibility index (Phi) is 4.49. The summed E-state index contributed by atoms with van der Waals surface area (Å²) in [6.07, 6.45) is 4.35. The van der Waals surface area contributed by atoms with E-state index >= 15 is 0 Å². The molecule has 0 aromatic carbocycles.